The maximum Gasteiger partial charge on any atom is 0.255 e. The summed E-state index contributed by atoms with van der Waals surface area (Å²) in [5, 5.41) is 2.70. The first-order valence-corrected chi connectivity index (χ1v) is 11.8. The van der Waals surface area contributed by atoms with Crippen LogP contribution in [0.4, 0.5) is 29.2 Å². The highest BCUT2D eigenvalue weighted by Crippen LogP contribution is 2.30. The normalized spacial score (nSPS) is 17.2. The number of nitrogens with one attached hydrogen (secondary N) is 1. The number of carbonyl (C=O) groups is 1. The number of ether oxygens (including phenoxy) is 2. The van der Waals surface area contributed by atoms with Gasteiger partial charge in [0.05, 0.1) is 24.5 Å². The van der Waals surface area contributed by atoms with Crippen molar-refractivity contribution in [2.75, 3.05) is 43.5 Å². The van der Waals surface area contributed by atoms with Crippen LogP contribution in [0, 0.1) is 11.6 Å². The Morgan fingerprint density at radius 3 is 2.58 bits per heavy atom. The number of benzene rings is 1. The molecule has 12 heteroatoms. The molecule has 0 saturated carbocycles. The fourth-order valence-electron chi connectivity index (χ4n) is 4.32. The minimum absolute atomic E-state index is 0.0160. The van der Waals surface area contributed by atoms with E-state index in [1.165, 1.54) is 13.2 Å². The van der Waals surface area contributed by atoms with E-state index in [1.54, 1.807) is 11.8 Å². The molecule has 0 spiro atoms. The van der Waals surface area contributed by atoms with Crippen LogP contribution in [0.3, 0.4) is 0 Å². The van der Waals surface area contributed by atoms with E-state index in [9.17, 15) is 22.4 Å². The fourth-order valence-corrected chi connectivity index (χ4v) is 4.32. The summed E-state index contributed by atoms with van der Waals surface area (Å²) >= 11 is 0. The average Bonchev–Trinajstić information content (AvgIpc) is 2.87. The number of carbonyl (C=O) groups excluding carboxylic acids is 1. The number of amides is 1. The highest BCUT2D eigenvalue weighted by atomic mass is 19.3. The van der Waals surface area contributed by atoms with Crippen molar-refractivity contribution in [3.05, 3.63) is 41.2 Å². The van der Waals surface area contributed by atoms with Gasteiger partial charge in [-0.1, -0.05) is 0 Å². The van der Waals surface area contributed by atoms with Gasteiger partial charge < -0.3 is 24.6 Å². The van der Waals surface area contributed by atoms with Crippen LogP contribution < -0.4 is 15.0 Å². The van der Waals surface area contributed by atoms with E-state index in [4.69, 9.17) is 14.5 Å². The van der Waals surface area contributed by atoms with Crippen LogP contribution in [0.25, 0.3) is 0 Å². The predicted molar refractivity (Wildman–Crippen MR) is 124 cm³/mol. The highest BCUT2D eigenvalue weighted by Gasteiger charge is 2.30. The van der Waals surface area contributed by atoms with Gasteiger partial charge in [-0.2, -0.15) is 0 Å². The second-order valence-corrected chi connectivity index (χ2v) is 8.83. The standard InChI is InChI=1S/C24H29F4N5O3/c1-14(35-2)24(34)33-10-7-18-19(13-33)31-23(22(30-18)29-12-21(27)28)32-8-5-16(6-9-32)36-20-4-3-15(25)11-17(20)26/h3-4,11,14,16,21H,5-10,12-13H2,1-2H3,(H,29,30)/t14-/m0/s1. The van der Waals surface area contributed by atoms with Gasteiger partial charge >= 0.3 is 0 Å². The third-order valence-electron chi connectivity index (χ3n) is 6.36. The summed E-state index contributed by atoms with van der Waals surface area (Å²) in [5.41, 5.74) is 1.27. The molecule has 0 aliphatic carbocycles. The topological polar surface area (TPSA) is 79.8 Å². The van der Waals surface area contributed by atoms with E-state index in [1.807, 2.05) is 4.90 Å². The average molecular weight is 512 g/mol. The Morgan fingerprint density at radius 1 is 1.17 bits per heavy atom. The Labute approximate surface area is 206 Å². The third kappa shape index (κ3) is 5.97. The molecule has 1 aromatic carbocycles. The lowest BCUT2D eigenvalue weighted by Gasteiger charge is -2.35. The van der Waals surface area contributed by atoms with Gasteiger partial charge in [-0.05, 0) is 19.1 Å². The smallest absolute Gasteiger partial charge is 0.255 e. The number of hydrogen-bond acceptors (Lipinski definition) is 7. The number of piperidine rings is 1. The second kappa shape index (κ2) is 11.3. The Bertz CT molecular complexity index is 1080. The van der Waals surface area contributed by atoms with Crippen molar-refractivity contribution in [1.29, 1.82) is 0 Å². The van der Waals surface area contributed by atoms with Gasteiger partial charge in [0.25, 0.3) is 12.3 Å². The van der Waals surface area contributed by atoms with E-state index in [0.717, 1.165) is 12.1 Å². The molecule has 1 fully saturated rings. The van der Waals surface area contributed by atoms with Crippen LogP contribution in [0.2, 0.25) is 0 Å². The van der Waals surface area contributed by atoms with Gasteiger partial charge in [0.2, 0.25) is 0 Å². The molecule has 36 heavy (non-hydrogen) atoms. The molecule has 0 bridgehead atoms. The zero-order valence-corrected chi connectivity index (χ0v) is 20.1. The minimum Gasteiger partial charge on any atom is -0.487 e. The Kier molecular flexibility index (Phi) is 8.12. The largest absolute Gasteiger partial charge is 0.487 e. The second-order valence-electron chi connectivity index (χ2n) is 8.83. The first-order valence-electron chi connectivity index (χ1n) is 11.8. The minimum atomic E-state index is -2.57. The molecule has 3 heterocycles. The SMILES string of the molecule is CO[C@@H](C)C(=O)N1CCc2nc(NCC(F)F)c(N3CCC(Oc4ccc(F)cc4F)CC3)nc2C1. The predicted octanol–water partition coefficient (Wildman–Crippen LogP) is 3.40. The van der Waals surface area contributed by atoms with Crippen LogP contribution in [-0.4, -0.2) is 72.7 Å². The molecule has 1 saturated heterocycles. The Hall–Kier alpha value is -3.15. The van der Waals surface area contributed by atoms with Gasteiger partial charge in [0, 0.05) is 52.1 Å². The van der Waals surface area contributed by atoms with E-state index >= 15 is 0 Å². The summed E-state index contributed by atoms with van der Waals surface area (Å²) in [6.45, 7) is 2.72. The molecule has 4 rings (SSSR count). The maximum absolute atomic E-state index is 14.0. The number of fused-ring (bicyclic) bond motifs is 1. The van der Waals surface area contributed by atoms with E-state index in [-0.39, 0.29) is 30.1 Å². The van der Waals surface area contributed by atoms with Crippen molar-refractivity contribution in [2.45, 2.75) is 51.4 Å². The zero-order chi connectivity index (χ0) is 25.8. The maximum atomic E-state index is 14.0. The van der Waals surface area contributed by atoms with Crippen molar-refractivity contribution in [2.24, 2.45) is 0 Å². The van der Waals surface area contributed by atoms with Crippen molar-refractivity contribution < 1.29 is 31.8 Å². The molecule has 1 atom stereocenters. The number of methoxy groups -OCH3 is 1. The van der Waals surface area contributed by atoms with Crippen LogP contribution in [0.5, 0.6) is 5.75 Å². The number of rotatable bonds is 8. The molecule has 1 aromatic heterocycles. The van der Waals surface area contributed by atoms with Crippen LogP contribution >= 0.6 is 0 Å². The van der Waals surface area contributed by atoms with Gasteiger partial charge in [-0.15, -0.1) is 0 Å². The molecule has 2 aliphatic rings. The van der Waals surface area contributed by atoms with Gasteiger partial charge in [-0.25, -0.2) is 27.5 Å². The summed E-state index contributed by atoms with van der Waals surface area (Å²) in [6, 6.07) is 3.17. The number of anilines is 2. The number of aromatic nitrogens is 2. The zero-order valence-electron chi connectivity index (χ0n) is 20.1. The van der Waals surface area contributed by atoms with E-state index < -0.39 is 30.7 Å². The van der Waals surface area contributed by atoms with E-state index in [0.29, 0.717) is 56.1 Å². The number of alkyl halides is 2. The summed E-state index contributed by atoms with van der Waals surface area (Å²) in [6.07, 6.45) is -1.97. The summed E-state index contributed by atoms with van der Waals surface area (Å²) < 4.78 is 63.9. The molecule has 8 nitrogen and oxygen atoms in total. The van der Waals surface area contributed by atoms with Gasteiger partial charge in [-0.3, -0.25) is 4.79 Å². The number of halogens is 4. The number of nitrogens with zero attached hydrogens (tertiary/aromatic N) is 4. The van der Waals surface area contributed by atoms with Crippen LogP contribution in [0.1, 0.15) is 31.2 Å². The fraction of sp³-hybridized carbons (Fsp3) is 0.542. The van der Waals surface area contributed by atoms with Crippen molar-refractivity contribution in [3.63, 3.8) is 0 Å². The van der Waals surface area contributed by atoms with Crippen LogP contribution in [-0.2, 0) is 22.5 Å². The summed E-state index contributed by atoms with van der Waals surface area (Å²) in [5.74, 6) is -0.923. The Balaban J connectivity index is 1.50. The molecule has 1 N–H and O–H groups in total. The molecular formula is C24H29F4N5O3. The molecule has 1 amide bonds. The molecule has 2 aromatic rings. The van der Waals surface area contributed by atoms with E-state index in [2.05, 4.69) is 10.3 Å². The monoisotopic (exact) mass is 511 g/mol. The first-order chi connectivity index (χ1) is 17.2. The van der Waals surface area contributed by atoms with Gasteiger partial charge in [0.1, 0.15) is 18.0 Å². The molecular weight excluding hydrogens is 482 g/mol. The lowest BCUT2D eigenvalue weighted by atomic mass is 10.1. The summed E-state index contributed by atoms with van der Waals surface area (Å²) in [4.78, 5) is 25.5. The van der Waals surface area contributed by atoms with Crippen LogP contribution in [0.15, 0.2) is 18.2 Å². The van der Waals surface area contributed by atoms with Crippen molar-refractivity contribution >= 4 is 17.5 Å². The number of hydrogen-bond donors (Lipinski definition) is 1. The highest BCUT2D eigenvalue weighted by molar-refractivity contribution is 5.80. The Morgan fingerprint density at radius 2 is 1.92 bits per heavy atom. The lowest BCUT2D eigenvalue weighted by molar-refractivity contribution is -0.142. The van der Waals surface area contributed by atoms with Crippen molar-refractivity contribution in [3.8, 4) is 5.75 Å². The van der Waals surface area contributed by atoms with Gasteiger partial charge in [0.15, 0.2) is 23.2 Å². The van der Waals surface area contributed by atoms with Crippen molar-refractivity contribution in [1.82, 2.24) is 14.9 Å². The third-order valence-corrected chi connectivity index (χ3v) is 6.36. The molecule has 0 unspecified atom stereocenters. The first kappa shape index (κ1) is 25.9. The summed E-state index contributed by atoms with van der Waals surface area (Å²) in [7, 11) is 1.47. The molecule has 196 valence electrons. The lowest BCUT2D eigenvalue weighted by Crippen LogP contribution is -2.43. The molecule has 0 radical (unpaired) electrons. The quantitative estimate of drug-likeness (QED) is 0.545. The molecule has 2 aliphatic heterocycles.